The van der Waals surface area contributed by atoms with E-state index in [1.54, 1.807) is 36.3 Å². The molecule has 2 heterocycles. The molecule has 1 aromatic heterocycles. The standard InChI is InChI=1S/C17H20FN3O3/c1-11-3-4-14(18)12(5-11)6-17(22)20-15-9-23-10-16(15)24-13-7-19-21(2)8-13/h3-5,7-8,15-16H,6,9-10H2,1-2H3,(H,20,22)/t15-,16+/m0/s1. The van der Waals surface area contributed by atoms with E-state index in [0.717, 1.165) is 5.56 Å². The summed E-state index contributed by atoms with van der Waals surface area (Å²) in [5, 5.41) is 6.91. The van der Waals surface area contributed by atoms with E-state index in [9.17, 15) is 9.18 Å². The van der Waals surface area contributed by atoms with Gasteiger partial charge in [0.25, 0.3) is 0 Å². The summed E-state index contributed by atoms with van der Waals surface area (Å²) >= 11 is 0. The summed E-state index contributed by atoms with van der Waals surface area (Å²) in [6, 6.07) is 4.47. The zero-order valence-electron chi connectivity index (χ0n) is 13.7. The molecule has 0 radical (unpaired) electrons. The zero-order chi connectivity index (χ0) is 17.1. The number of benzene rings is 1. The van der Waals surface area contributed by atoms with E-state index >= 15 is 0 Å². The van der Waals surface area contributed by atoms with E-state index in [1.165, 1.54) is 6.07 Å². The maximum absolute atomic E-state index is 13.8. The maximum atomic E-state index is 13.8. The van der Waals surface area contributed by atoms with Gasteiger partial charge in [0.2, 0.25) is 5.91 Å². The molecule has 0 unspecified atom stereocenters. The topological polar surface area (TPSA) is 65.4 Å². The number of ether oxygens (including phenoxy) is 2. The smallest absolute Gasteiger partial charge is 0.224 e. The summed E-state index contributed by atoms with van der Waals surface area (Å²) in [7, 11) is 1.80. The third-order valence-corrected chi connectivity index (χ3v) is 3.90. The second-order valence-electron chi connectivity index (χ2n) is 5.99. The van der Waals surface area contributed by atoms with E-state index in [1.807, 2.05) is 6.92 Å². The lowest BCUT2D eigenvalue weighted by atomic mass is 10.1. The molecule has 1 fully saturated rings. The molecule has 1 aliphatic heterocycles. The summed E-state index contributed by atoms with van der Waals surface area (Å²) in [4.78, 5) is 12.2. The van der Waals surface area contributed by atoms with Crippen LogP contribution in [0.5, 0.6) is 5.75 Å². The Morgan fingerprint density at radius 3 is 3.08 bits per heavy atom. The molecule has 1 saturated heterocycles. The van der Waals surface area contributed by atoms with Crippen molar-refractivity contribution >= 4 is 5.91 Å². The number of aromatic nitrogens is 2. The number of halogens is 1. The molecule has 1 aromatic carbocycles. The molecule has 128 valence electrons. The van der Waals surface area contributed by atoms with Gasteiger partial charge in [0.15, 0.2) is 5.75 Å². The zero-order valence-corrected chi connectivity index (χ0v) is 13.7. The Bertz CT molecular complexity index is 732. The quantitative estimate of drug-likeness (QED) is 0.898. The molecule has 2 aromatic rings. The molecule has 1 amide bonds. The van der Waals surface area contributed by atoms with Crippen LogP contribution < -0.4 is 10.1 Å². The first-order valence-corrected chi connectivity index (χ1v) is 7.78. The summed E-state index contributed by atoms with van der Waals surface area (Å²) in [6.07, 6.45) is 3.06. The Morgan fingerprint density at radius 1 is 1.50 bits per heavy atom. The summed E-state index contributed by atoms with van der Waals surface area (Å²) in [6.45, 7) is 2.62. The van der Waals surface area contributed by atoms with Crippen LogP contribution in [0, 0.1) is 12.7 Å². The van der Waals surface area contributed by atoms with Crippen LogP contribution in [0.1, 0.15) is 11.1 Å². The van der Waals surface area contributed by atoms with Crippen molar-refractivity contribution < 1.29 is 18.7 Å². The Hall–Kier alpha value is -2.41. The van der Waals surface area contributed by atoms with E-state index < -0.39 is 0 Å². The van der Waals surface area contributed by atoms with Crippen LogP contribution in [-0.4, -0.2) is 41.0 Å². The minimum atomic E-state index is -0.374. The van der Waals surface area contributed by atoms with E-state index in [0.29, 0.717) is 24.5 Å². The van der Waals surface area contributed by atoms with E-state index in [-0.39, 0.29) is 30.3 Å². The lowest BCUT2D eigenvalue weighted by molar-refractivity contribution is -0.121. The molecule has 1 aliphatic rings. The average molecular weight is 333 g/mol. The molecular formula is C17H20FN3O3. The fraction of sp³-hybridized carbons (Fsp3) is 0.412. The van der Waals surface area contributed by atoms with Gasteiger partial charge in [0, 0.05) is 7.05 Å². The van der Waals surface area contributed by atoms with Crippen molar-refractivity contribution in [1.29, 1.82) is 0 Å². The highest BCUT2D eigenvalue weighted by Gasteiger charge is 2.31. The number of hydrogen-bond acceptors (Lipinski definition) is 4. The number of carbonyl (C=O) groups is 1. The van der Waals surface area contributed by atoms with E-state index in [2.05, 4.69) is 10.4 Å². The lowest BCUT2D eigenvalue weighted by Crippen LogP contribution is -2.45. The van der Waals surface area contributed by atoms with Crippen molar-refractivity contribution in [2.75, 3.05) is 13.2 Å². The third-order valence-electron chi connectivity index (χ3n) is 3.90. The number of nitrogens with zero attached hydrogens (tertiary/aromatic N) is 2. The van der Waals surface area contributed by atoms with Gasteiger partial charge in [-0.3, -0.25) is 9.48 Å². The van der Waals surface area contributed by atoms with Gasteiger partial charge in [-0.15, -0.1) is 0 Å². The predicted octanol–water partition coefficient (Wildman–Crippen LogP) is 1.37. The molecule has 3 rings (SSSR count). The van der Waals surface area contributed by atoms with Crippen molar-refractivity contribution in [3.63, 3.8) is 0 Å². The largest absolute Gasteiger partial charge is 0.482 e. The molecular weight excluding hydrogens is 313 g/mol. The first-order valence-electron chi connectivity index (χ1n) is 7.78. The van der Waals surface area contributed by atoms with Crippen LogP contribution in [0.3, 0.4) is 0 Å². The van der Waals surface area contributed by atoms with Crippen LogP contribution in [-0.2, 0) is 23.0 Å². The van der Waals surface area contributed by atoms with Gasteiger partial charge in [-0.25, -0.2) is 4.39 Å². The van der Waals surface area contributed by atoms with Crippen molar-refractivity contribution in [3.05, 3.63) is 47.5 Å². The highest BCUT2D eigenvalue weighted by atomic mass is 19.1. The van der Waals surface area contributed by atoms with Gasteiger partial charge >= 0.3 is 0 Å². The second kappa shape index (κ2) is 7.00. The SMILES string of the molecule is Cc1ccc(F)c(CC(=O)N[C@H]2COC[C@H]2Oc2cnn(C)c2)c1. The molecule has 0 aliphatic carbocycles. The van der Waals surface area contributed by atoms with Crippen LogP contribution in [0.25, 0.3) is 0 Å². The Labute approximate surface area is 139 Å². The van der Waals surface area contributed by atoms with Crippen molar-refractivity contribution in [2.24, 2.45) is 7.05 Å². The molecule has 6 nitrogen and oxygen atoms in total. The van der Waals surface area contributed by atoms with Crippen LogP contribution in [0.15, 0.2) is 30.6 Å². The van der Waals surface area contributed by atoms with E-state index in [4.69, 9.17) is 9.47 Å². The fourth-order valence-electron chi connectivity index (χ4n) is 2.69. The highest BCUT2D eigenvalue weighted by Crippen LogP contribution is 2.17. The molecule has 2 atom stereocenters. The average Bonchev–Trinajstić information content (AvgIpc) is 3.13. The van der Waals surface area contributed by atoms with Gasteiger partial charge < -0.3 is 14.8 Å². The highest BCUT2D eigenvalue weighted by molar-refractivity contribution is 5.79. The van der Waals surface area contributed by atoms with Gasteiger partial charge in [0.05, 0.1) is 38.1 Å². The summed E-state index contributed by atoms with van der Waals surface area (Å²) < 4.78 is 26.6. The number of nitrogens with one attached hydrogen (secondary N) is 1. The molecule has 24 heavy (non-hydrogen) atoms. The molecule has 7 heteroatoms. The van der Waals surface area contributed by atoms with Gasteiger partial charge in [0.1, 0.15) is 11.9 Å². The van der Waals surface area contributed by atoms with Crippen molar-refractivity contribution in [3.8, 4) is 5.75 Å². The summed E-state index contributed by atoms with van der Waals surface area (Å²) in [5.41, 5.74) is 1.30. The predicted molar refractivity (Wildman–Crippen MR) is 85.2 cm³/mol. The lowest BCUT2D eigenvalue weighted by Gasteiger charge is -2.19. The molecule has 1 N–H and O–H groups in total. The second-order valence-corrected chi connectivity index (χ2v) is 5.99. The minimum Gasteiger partial charge on any atom is -0.482 e. The van der Waals surface area contributed by atoms with Crippen LogP contribution in [0.2, 0.25) is 0 Å². The number of hydrogen-bond donors (Lipinski definition) is 1. The van der Waals surface area contributed by atoms with Crippen molar-refractivity contribution in [1.82, 2.24) is 15.1 Å². The third kappa shape index (κ3) is 3.91. The Balaban J connectivity index is 1.59. The first kappa shape index (κ1) is 16.4. The Morgan fingerprint density at radius 2 is 2.33 bits per heavy atom. The molecule has 0 saturated carbocycles. The van der Waals surface area contributed by atoms with Crippen molar-refractivity contribution in [2.45, 2.75) is 25.5 Å². The van der Waals surface area contributed by atoms with Crippen LogP contribution >= 0.6 is 0 Å². The Kier molecular flexibility index (Phi) is 4.80. The number of carbonyl (C=O) groups excluding carboxylic acids is 1. The normalized spacial score (nSPS) is 20.1. The first-order chi connectivity index (χ1) is 11.5. The number of amides is 1. The van der Waals surface area contributed by atoms with Gasteiger partial charge in [-0.05, 0) is 18.6 Å². The van der Waals surface area contributed by atoms with Gasteiger partial charge in [-0.2, -0.15) is 5.10 Å². The molecule has 0 spiro atoms. The number of aryl methyl sites for hydroxylation is 2. The number of rotatable bonds is 5. The minimum absolute atomic E-state index is 0.0103. The monoisotopic (exact) mass is 333 g/mol. The summed E-state index contributed by atoms with van der Waals surface area (Å²) in [5.74, 6) is -0.00616. The van der Waals surface area contributed by atoms with Gasteiger partial charge in [-0.1, -0.05) is 17.7 Å². The van der Waals surface area contributed by atoms with Crippen LogP contribution in [0.4, 0.5) is 4.39 Å². The maximum Gasteiger partial charge on any atom is 0.224 e. The molecule has 0 bridgehead atoms. The fourth-order valence-corrected chi connectivity index (χ4v) is 2.69.